The quantitative estimate of drug-likeness (QED) is 0.405. The molecule has 0 atom stereocenters. The van der Waals surface area contributed by atoms with Crippen LogP contribution >= 0.6 is 0 Å². The van der Waals surface area contributed by atoms with E-state index in [2.05, 4.69) is 73.7 Å². The number of pyridine rings is 1. The molecule has 2 aromatic carbocycles. The van der Waals surface area contributed by atoms with E-state index in [1.807, 2.05) is 18.2 Å². The Morgan fingerprint density at radius 2 is 1.90 bits per heavy atom. The fourth-order valence-electron chi connectivity index (χ4n) is 3.91. The summed E-state index contributed by atoms with van der Waals surface area (Å²) in [4.78, 5) is 6.90. The van der Waals surface area contributed by atoms with Gasteiger partial charge in [0, 0.05) is 47.7 Å². The minimum absolute atomic E-state index is 0.444. The third-order valence-electron chi connectivity index (χ3n) is 5.44. The molecule has 150 valence electrons. The summed E-state index contributed by atoms with van der Waals surface area (Å²) in [5.41, 5.74) is 12.2. The number of fused-ring (bicyclic) bond motifs is 3. The molecule has 5 aromatic rings. The van der Waals surface area contributed by atoms with Gasteiger partial charge in [-0.1, -0.05) is 42.5 Å². The fourth-order valence-corrected chi connectivity index (χ4v) is 3.91. The zero-order valence-electron chi connectivity index (χ0n) is 16.8. The van der Waals surface area contributed by atoms with Gasteiger partial charge in [0.05, 0.1) is 11.2 Å². The molecule has 3 heterocycles. The maximum absolute atomic E-state index is 6.24. The number of hydrogen-bond acceptors (Lipinski definition) is 5. The van der Waals surface area contributed by atoms with E-state index in [0.29, 0.717) is 5.82 Å². The van der Waals surface area contributed by atoms with Crippen LogP contribution in [0.2, 0.25) is 0 Å². The van der Waals surface area contributed by atoms with E-state index < -0.39 is 0 Å². The van der Waals surface area contributed by atoms with E-state index in [4.69, 9.17) is 5.73 Å². The first-order valence-electron chi connectivity index (χ1n) is 9.97. The minimum atomic E-state index is 0.444. The Kier molecular flexibility index (Phi) is 4.65. The van der Waals surface area contributed by atoms with Crippen LogP contribution in [-0.2, 0) is 13.0 Å². The molecule has 0 unspecified atom stereocenters. The highest BCUT2D eigenvalue weighted by atomic mass is 15.1. The highest BCUT2D eigenvalue weighted by molar-refractivity contribution is 6.10. The van der Waals surface area contributed by atoms with Crippen molar-refractivity contribution < 1.29 is 0 Å². The SMILES string of the molecule is CN(CCc1[nH]nc2c(N)nc3cc(-c4ccn[nH]4)ccc3c12)Cc1ccccc1. The van der Waals surface area contributed by atoms with Crippen molar-refractivity contribution in [2.75, 3.05) is 19.3 Å². The zero-order valence-corrected chi connectivity index (χ0v) is 16.8. The lowest BCUT2D eigenvalue weighted by atomic mass is 10.0. The average Bonchev–Trinajstić information content (AvgIpc) is 3.43. The molecule has 0 saturated carbocycles. The Balaban J connectivity index is 1.46. The van der Waals surface area contributed by atoms with Crippen LogP contribution in [-0.4, -0.2) is 43.9 Å². The number of aromatic nitrogens is 5. The van der Waals surface area contributed by atoms with Crippen molar-refractivity contribution in [2.24, 2.45) is 0 Å². The molecular formula is C23H23N7. The lowest BCUT2D eigenvalue weighted by molar-refractivity contribution is 0.330. The van der Waals surface area contributed by atoms with E-state index in [9.17, 15) is 0 Å². The number of nitrogens with one attached hydrogen (secondary N) is 2. The van der Waals surface area contributed by atoms with Gasteiger partial charge in [-0.2, -0.15) is 10.2 Å². The number of benzene rings is 2. The number of nitrogens with zero attached hydrogens (tertiary/aromatic N) is 4. The lowest BCUT2D eigenvalue weighted by Gasteiger charge is -2.16. The molecule has 0 amide bonds. The summed E-state index contributed by atoms with van der Waals surface area (Å²) in [6.45, 7) is 1.81. The van der Waals surface area contributed by atoms with Crippen LogP contribution in [0.25, 0.3) is 33.1 Å². The summed E-state index contributed by atoms with van der Waals surface area (Å²) < 4.78 is 0. The maximum Gasteiger partial charge on any atom is 0.152 e. The molecule has 0 aliphatic rings. The first-order valence-corrected chi connectivity index (χ1v) is 9.97. The number of H-pyrrole nitrogens is 2. The molecule has 7 heteroatoms. The second-order valence-electron chi connectivity index (χ2n) is 7.60. The van der Waals surface area contributed by atoms with Gasteiger partial charge in [-0.15, -0.1) is 0 Å². The minimum Gasteiger partial charge on any atom is -0.382 e. The number of anilines is 1. The van der Waals surface area contributed by atoms with Crippen LogP contribution in [0, 0.1) is 0 Å². The van der Waals surface area contributed by atoms with E-state index in [0.717, 1.165) is 58.3 Å². The van der Waals surface area contributed by atoms with Crippen molar-refractivity contribution >= 4 is 27.6 Å². The van der Waals surface area contributed by atoms with Gasteiger partial charge in [0.2, 0.25) is 0 Å². The molecule has 3 aromatic heterocycles. The van der Waals surface area contributed by atoms with Crippen molar-refractivity contribution in [3.05, 3.63) is 72.1 Å². The third-order valence-corrected chi connectivity index (χ3v) is 5.44. The fraction of sp³-hybridized carbons (Fsp3) is 0.174. The first-order chi connectivity index (χ1) is 14.7. The van der Waals surface area contributed by atoms with E-state index in [1.165, 1.54) is 5.56 Å². The standard InChI is InChI=1S/C23H23N7/c1-30(14-15-5-3-2-4-6-15)12-10-19-21-17-8-7-16(18-9-11-25-27-18)13-20(17)26-23(24)22(21)29-28-19/h2-9,11,13H,10,12,14H2,1H3,(H2,24,26)(H,25,27)(H,28,29). The number of nitrogens with two attached hydrogens (primary N) is 1. The normalized spacial score (nSPS) is 11.7. The first kappa shape index (κ1) is 18.3. The molecule has 0 radical (unpaired) electrons. The van der Waals surface area contributed by atoms with Crippen LogP contribution in [0.15, 0.2) is 60.8 Å². The Hall–Kier alpha value is -3.71. The number of aromatic amines is 2. The predicted molar refractivity (Wildman–Crippen MR) is 120 cm³/mol. The van der Waals surface area contributed by atoms with Gasteiger partial charge >= 0.3 is 0 Å². The molecule has 7 nitrogen and oxygen atoms in total. The zero-order chi connectivity index (χ0) is 20.5. The highest BCUT2D eigenvalue weighted by Crippen LogP contribution is 2.31. The van der Waals surface area contributed by atoms with E-state index >= 15 is 0 Å². The van der Waals surface area contributed by atoms with Crippen molar-refractivity contribution in [3.8, 4) is 11.3 Å². The van der Waals surface area contributed by atoms with Crippen molar-refractivity contribution in [1.82, 2.24) is 30.3 Å². The van der Waals surface area contributed by atoms with Crippen LogP contribution < -0.4 is 5.73 Å². The van der Waals surface area contributed by atoms with Crippen molar-refractivity contribution in [1.29, 1.82) is 0 Å². The smallest absolute Gasteiger partial charge is 0.152 e. The van der Waals surface area contributed by atoms with Crippen molar-refractivity contribution in [2.45, 2.75) is 13.0 Å². The molecule has 0 saturated heterocycles. The molecule has 0 aliphatic heterocycles. The summed E-state index contributed by atoms with van der Waals surface area (Å²) in [6.07, 6.45) is 2.59. The largest absolute Gasteiger partial charge is 0.382 e. The Labute approximate surface area is 173 Å². The van der Waals surface area contributed by atoms with Gasteiger partial charge in [-0.3, -0.25) is 10.2 Å². The van der Waals surface area contributed by atoms with Crippen LogP contribution in [0.3, 0.4) is 0 Å². The van der Waals surface area contributed by atoms with E-state index in [1.54, 1.807) is 6.20 Å². The van der Waals surface area contributed by atoms with Gasteiger partial charge < -0.3 is 10.6 Å². The molecule has 0 fully saturated rings. The van der Waals surface area contributed by atoms with Gasteiger partial charge in [-0.05, 0) is 24.7 Å². The Morgan fingerprint density at radius 1 is 1.03 bits per heavy atom. The number of hydrogen-bond donors (Lipinski definition) is 3. The maximum atomic E-state index is 6.24. The summed E-state index contributed by atoms with van der Waals surface area (Å²) in [5, 5.41) is 16.8. The van der Waals surface area contributed by atoms with Gasteiger partial charge in [0.15, 0.2) is 5.82 Å². The number of likely N-dealkylation sites (N-methyl/N-ethyl adjacent to an activating group) is 1. The molecule has 0 aliphatic carbocycles. The van der Waals surface area contributed by atoms with Crippen molar-refractivity contribution in [3.63, 3.8) is 0 Å². The second kappa shape index (κ2) is 7.61. The summed E-state index contributed by atoms with van der Waals surface area (Å²) in [7, 11) is 2.14. The van der Waals surface area contributed by atoms with E-state index in [-0.39, 0.29) is 0 Å². The predicted octanol–water partition coefficient (Wildman–Crippen LogP) is 3.76. The van der Waals surface area contributed by atoms with Crippen LogP contribution in [0.5, 0.6) is 0 Å². The monoisotopic (exact) mass is 397 g/mol. The Bertz CT molecular complexity index is 1290. The molecule has 30 heavy (non-hydrogen) atoms. The topological polar surface area (TPSA) is 99.5 Å². The average molecular weight is 397 g/mol. The summed E-state index contributed by atoms with van der Waals surface area (Å²) >= 11 is 0. The molecule has 0 spiro atoms. The Morgan fingerprint density at radius 3 is 2.70 bits per heavy atom. The van der Waals surface area contributed by atoms with Gasteiger partial charge in [-0.25, -0.2) is 4.98 Å². The van der Waals surface area contributed by atoms with Gasteiger partial charge in [0.1, 0.15) is 5.52 Å². The van der Waals surface area contributed by atoms with Crippen LogP contribution in [0.1, 0.15) is 11.3 Å². The molecule has 4 N–H and O–H groups in total. The molecule has 5 rings (SSSR count). The number of rotatable bonds is 6. The molecular weight excluding hydrogens is 374 g/mol. The highest BCUT2D eigenvalue weighted by Gasteiger charge is 2.15. The molecule has 0 bridgehead atoms. The third kappa shape index (κ3) is 3.40. The lowest BCUT2D eigenvalue weighted by Crippen LogP contribution is -2.20. The second-order valence-corrected chi connectivity index (χ2v) is 7.60. The summed E-state index contributed by atoms with van der Waals surface area (Å²) in [6, 6.07) is 18.6. The van der Waals surface area contributed by atoms with Crippen LogP contribution in [0.4, 0.5) is 5.82 Å². The summed E-state index contributed by atoms with van der Waals surface area (Å²) in [5.74, 6) is 0.444. The van der Waals surface area contributed by atoms with Gasteiger partial charge in [0.25, 0.3) is 0 Å². The number of nitrogen functional groups attached to an aromatic ring is 1.